The van der Waals surface area contributed by atoms with E-state index in [1.807, 2.05) is 60.7 Å². The van der Waals surface area contributed by atoms with Gasteiger partial charge in [-0.15, -0.1) is 0 Å². The van der Waals surface area contributed by atoms with Gasteiger partial charge in [-0.2, -0.15) is 0 Å². The molecule has 0 aliphatic carbocycles. The first-order valence-corrected chi connectivity index (χ1v) is 8.27. The molecule has 3 rings (SSSR count). The standard InChI is InChI=1S/C13H11NS.C7H5NO4.Cu/c15-13(11-7-3-1-4-8-11)14-12-9-5-2-6-10-12;9-7(10)5-1-3-6(4-2-5)8(11)12;/h1-10H,(H,14,15);1-4H,(H,9,10);. The van der Waals surface area contributed by atoms with Gasteiger partial charge in [0, 0.05) is 40.5 Å². The van der Waals surface area contributed by atoms with E-state index in [4.69, 9.17) is 17.3 Å². The Bertz CT molecular complexity index is 887. The van der Waals surface area contributed by atoms with Crippen LogP contribution in [0.25, 0.3) is 0 Å². The van der Waals surface area contributed by atoms with E-state index in [1.54, 1.807) is 0 Å². The average molecular weight is 444 g/mol. The first kappa shape index (κ1) is 23.0. The predicted octanol–water partition coefficient (Wildman–Crippen LogP) is 4.76. The molecule has 0 fully saturated rings. The number of carboxylic acids is 1. The maximum absolute atomic E-state index is 10.3. The SMILES string of the molecule is O=C(O)c1ccc([N+](=O)[O-])cc1.S=C(Nc1ccccc1)c1ccccc1.[Cu]. The first-order chi connectivity index (χ1) is 13.0. The molecule has 0 aromatic heterocycles. The number of anilines is 1. The van der Waals surface area contributed by atoms with Gasteiger partial charge in [-0.1, -0.05) is 60.7 Å². The van der Waals surface area contributed by atoms with Crippen molar-refractivity contribution in [1.82, 2.24) is 0 Å². The number of nitrogens with one attached hydrogen (secondary N) is 1. The van der Waals surface area contributed by atoms with Crippen LogP contribution >= 0.6 is 12.2 Å². The van der Waals surface area contributed by atoms with Crippen LogP contribution < -0.4 is 5.32 Å². The van der Waals surface area contributed by atoms with Crippen LogP contribution in [0, 0.1) is 10.1 Å². The van der Waals surface area contributed by atoms with E-state index in [2.05, 4.69) is 5.32 Å². The van der Waals surface area contributed by atoms with E-state index >= 15 is 0 Å². The smallest absolute Gasteiger partial charge is 0.335 e. The van der Waals surface area contributed by atoms with Crippen LogP contribution in [0.3, 0.4) is 0 Å². The molecule has 1 radical (unpaired) electrons. The number of nitro benzene ring substituents is 1. The minimum atomic E-state index is -1.09. The number of nitrogens with zero attached hydrogens (tertiary/aromatic N) is 1. The summed E-state index contributed by atoms with van der Waals surface area (Å²) in [5.41, 5.74) is 1.99. The molecule has 0 amide bonds. The maximum Gasteiger partial charge on any atom is 0.335 e. The van der Waals surface area contributed by atoms with Crippen molar-refractivity contribution in [3.8, 4) is 0 Å². The molecule has 0 saturated heterocycles. The van der Waals surface area contributed by atoms with Crippen LogP contribution in [0.1, 0.15) is 15.9 Å². The molecule has 3 aromatic rings. The second kappa shape index (κ2) is 11.6. The molecule has 0 heterocycles. The monoisotopic (exact) mass is 443 g/mol. The van der Waals surface area contributed by atoms with E-state index in [1.165, 1.54) is 12.1 Å². The minimum Gasteiger partial charge on any atom is -0.478 e. The Balaban J connectivity index is 0.000000277. The number of hydrogen-bond acceptors (Lipinski definition) is 4. The van der Waals surface area contributed by atoms with Crippen LogP contribution in [-0.2, 0) is 17.1 Å². The normalized spacial score (nSPS) is 9.14. The molecule has 147 valence electrons. The van der Waals surface area contributed by atoms with Crippen molar-refractivity contribution in [3.63, 3.8) is 0 Å². The van der Waals surface area contributed by atoms with E-state index < -0.39 is 10.9 Å². The number of hydrogen-bond donors (Lipinski definition) is 2. The summed E-state index contributed by atoms with van der Waals surface area (Å²) in [4.78, 5) is 20.6. The van der Waals surface area contributed by atoms with E-state index in [-0.39, 0.29) is 28.3 Å². The van der Waals surface area contributed by atoms with Crippen LogP contribution in [0.2, 0.25) is 0 Å². The summed E-state index contributed by atoms with van der Waals surface area (Å²) in [5, 5.41) is 21.8. The van der Waals surface area contributed by atoms with Crippen molar-refractivity contribution < 1.29 is 31.9 Å². The van der Waals surface area contributed by atoms with Gasteiger partial charge in [-0.05, 0) is 24.3 Å². The molecular weight excluding hydrogens is 428 g/mol. The van der Waals surface area contributed by atoms with E-state index in [0.29, 0.717) is 0 Å². The largest absolute Gasteiger partial charge is 0.478 e. The van der Waals surface area contributed by atoms with Crippen molar-refractivity contribution in [2.75, 3.05) is 5.32 Å². The molecule has 0 bridgehead atoms. The van der Waals surface area contributed by atoms with Gasteiger partial charge in [0.15, 0.2) is 0 Å². The zero-order valence-electron chi connectivity index (χ0n) is 14.4. The summed E-state index contributed by atoms with van der Waals surface area (Å²) in [7, 11) is 0. The fourth-order valence-electron chi connectivity index (χ4n) is 2.04. The molecule has 0 atom stereocenters. The number of benzene rings is 3. The molecule has 0 aliphatic heterocycles. The molecule has 0 aliphatic rings. The number of nitro groups is 1. The molecule has 0 unspecified atom stereocenters. The van der Waals surface area contributed by atoms with Crippen LogP contribution in [0.5, 0.6) is 0 Å². The fraction of sp³-hybridized carbons (Fsp3) is 0. The van der Waals surface area contributed by atoms with Gasteiger partial charge in [0.05, 0.1) is 10.5 Å². The zero-order valence-corrected chi connectivity index (χ0v) is 16.2. The molecular formula is C20H16CuN2O4S. The van der Waals surface area contributed by atoms with Gasteiger partial charge in [-0.3, -0.25) is 10.1 Å². The molecule has 0 saturated carbocycles. The number of non-ortho nitro benzene ring substituents is 1. The Morgan fingerprint density at radius 3 is 1.82 bits per heavy atom. The Morgan fingerprint density at radius 2 is 1.36 bits per heavy atom. The number of thiocarbonyl (C=S) groups is 1. The summed E-state index contributed by atoms with van der Waals surface area (Å²) in [6.45, 7) is 0. The van der Waals surface area contributed by atoms with Gasteiger partial charge in [0.25, 0.3) is 5.69 Å². The maximum atomic E-state index is 10.3. The van der Waals surface area contributed by atoms with Gasteiger partial charge in [0.2, 0.25) is 0 Å². The van der Waals surface area contributed by atoms with Gasteiger partial charge in [-0.25, -0.2) is 4.79 Å². The van der Waals surface area contributed by atoms with Gasteiger partial charge >= 0.3 is 5.97 Å². The van der Waals surface area contributed by atoms with Gasteiger partial charge < -0.3 is 10.4 Å². The molecule has 2 N–H and O–H groups in total. The summed E-state index contributed by atoms with van der Waals surface area (Å²) >= 11 is 5.29. The quantitative estimate of drug-likeness (QED) is 0.261. The number of carbonyl (C=O) groups is 1. The number of carboxylic acid groups (broad SMARTS) is 1. The summed E-state index contributed by atoms with van der Waals surface area (Å²) in [5.74, 6) is -1.09. The predicted molar refractivity (Wildman–Crippen MR) is 108 cm³/mol. The Kier molecular flexibility index (Phi) is 9.53. The number of rotatable bonds is 4. The fourth-order valence-corrected chi connectivity index (χ4v) is 2.29. The number of para-hydroxylation sites is 1. The summed E-state index contributed by atoms with van der Waals surface area (Å²) in [6.07, 6.45) is 0. The molecule has 8 heteroatoms. The second-order valence-electron chi connectivity index (χ2n) is 5.30. The van der Waals surface area contributed by atoms with Crippen LogP contribution in [0.15, 0.2) is 84.9 Å². The third kappa shape index (κ3) is 7.28. The summed E-state index contributed by atoms with van der Waals surface area (Å²) in [6, 6.07) is 24.6. The molecule has 6 nitrogen and oxygen atoms in total. The van der Waals surface area contributed by atoms with E-state index in [0.717, 1.165) is 28.4 Å². The van der Waals surface area contributed by atoms with Crippen molar-refractivity contribution in [3.05, 3.63) is 106 Å². The van der Waals surface area contributed by atoms with E-state index in [9.17, 15) is 14.9 Å². The number of aromatic carboxylic acids is 1. The molecule has 28 heavy (non-hydrogen) atoms. The van der Waals surface area contributed by atoms with Crippen molar-refractivity contribution in [1.29, 1.82) is 0 Å². The third-order valence-electron chi connectivity index (χ3n) is 3.39. The van der Waals surface area contributed by atoms with Gasteiger partial charge in [0.1, 0.15) is 4.99 Å². The topological polar surface area (TPSA) is 92.5 Å². The first-order valence-electron chi connectivity index (χ1n) is 7.86. The Morgan fingerprint density at radius 1 is 0.857 bits per heavy atom. The minimum absolute atomic E-state index is 0. The van der Waals surface area contributed by atoms with Crippen molar-refractivity contribution in [2.24, 2.45) is 0 Å². The van der Waals surface area contributed by atoms with Crippen LogP contribution in [0.4, 0.5) is 11.4 Å². The Hall–Kier alpha value is -3.06. The second-order valence-corrected chi connectivity index (χ2v) is 5.70. The third-order valence-corrected chi connectivity index (χ3v) is 3.73. The van der Waals surface area contributed by atoms with Crippen molar-refractivity contribution in [2.45, 2.75) is 0 Å². The Labute approximate surface area is 177 Å². The molecule has 3 aromatic carbocycles. The molecule has 0 spiro atoms. The van der Waals surface area contributed by atoms with Crippen molar-refractivity contribution >= 4 is 34.6 Å². The summed E-state index contributed by atoms with van der Waals surface area (Å²) < 4.78 is 0. The average Bonchev–Trinajstić information content (AvgIpc) is 2.70. The zero-order chi connectivity index (χ0) is 19.6. The van der Waals surface area contributed by atoms with Crippen LogP contribution in [-0.4, -0.2) is 21.0 Å².